The third-order valence-corrected chi connectivity index (χ3v) is 5.35. The van der Waals surface area contributed by atoms with E-state index in [4.69, 9.17) is 11.6 Å². The molecule has 0 aliphatic carbocycles. The molecule has 6 heteroatoms. The summed E-state index contributed by atoms with van der Waals surface area (Å²) in [6, 6.07) is 14.7. The fourth-order valence-electron chi connectivity index (χ4n) is 2.42. The Balaban J connectivity index is 1.82. The molecule has 0 radical (unpaired) electrons. The Kier molecular flexibility index (Phi) is 3.89. The van der Waals surface area contributed by atoms with Crippen molar-refractivity contribution < 1.29 is 8.42 Å². The van der Waals surface area contributed by atoms with Gasteiger partial charge in [0.2, 0.25) is 0 Å². The van der Waals surface area contributed by atoms with Gasteiger partial charge in [-0.1, -0.05) is 48.0 Å². The molecule has 0 bridgehead atoms. The van der Waals surface area contributed by atoms with Crippen LogP contribution in [0.1, 0.15) is 11.1 Å². The first-order chi connectivity index (χ1) is 10.1. The topological polar surface area (TPSA) is 49.4 Å². The Hall–Kier alpha value is -1.56. The van der Waals surface area contributed by atoms with Crippen molar-refractivity contribution in [2.45, 2.75) is 13.0 Å². The first-order valence-electron chi connectivity index (χ1n) is 6.65. The zero-order valence-electron chi connectivity index (χ0n) is 11.3. The Bertz CT molecular complexity index is 762. The average molecular weight is 323 g/mol. The third-order valence-electron chi connectivity index (χ3n) is 3.55. The van der Waals surface area contributed by atoms with E-state index in [1.165, 1.54) is 9.87 Å². The second-order valence-corrected chi connectivity index (χ2v) is 7.02. The zero-order valence-corrected chi connectivity index (χ0v) is 12.9. The molecule has 0 saturated heterocycles. The van der Waals surface area contributed by atoms with Crippen LogP contribution in [0, 0.1) is 0 Å². The van der Waals surface area contributed by atoms with Crippen LogP contribution in [0.2, 0.25) is 5.02 Å². The van der Waals surface area contributed by atoms with Gasteiger partial charge < -0.3 is 0 Å². The van der Waals surface area contributed by atoms with Gasteiger partial charge in [0, 0.05) is 13.1 Å². The summed E-state index contributed by atoms with van der Waals surface area (Å²) in [5.74, 6) is 0. The molecular formula is C15H15ClN2O2S. The van der Waals surface area contributed by atoms with Crippen molar-refractivity contribution in [3.63, 3.8) is 0 Å². The number of fused-ring (bicyclic) bond motifs is 1. The number of benzene rings is 2. The first-order valence-corrected chi connectivity index (χ1v) is 8.47. The van der Waals surface area contributed by atoms with E-state index in [2.05, 4.69) is 4.72 Å². The van der Waals surface area contributed by atoms with Gasteiger partial charge in [0.1, 0.15) is 0 Å². The minimum atomic E-state index is -3.60. The molecule has 1 aliphatic heterocycles. The van der Waals surface area contributed by atoms with Gasteiger partial charge in [-0.2, -0.15) is 12.7 Å². The molecule has 2 aromatic carbocycles. The van der Waals surface area contributed by atoms with Crippen LogP contribution in [0.4, 0.5) is 5.69 Å². The smallest absolute Gasteiger partial charge is 0.269 e. The fourth-order valence-corrected chi connectivity index (χ4v) is 3.89. The van der Waals surface area contributed by atoms with Gasteiger partial charge in [0.15, 0.2) is 0 Å². The summed E-state index contributed by atoms with van der Waals surface area (Å²) in [5, 5.41) is 0.387. The highest BCUT2D eigenvalue weighted by Crippen LogP contribution is 2.25. The van der Waals surface area contributed by atoms with Crippen molar-refractivity contribution in [2.75, 3.05) is 11.3 Å². The first kappa shape index (κ1) is 14.4. The summed E-state index contributed by atoms with van der Waals surface area (Å²) in [4.78, 5) is 0. The molecule has 0 amide bonds. The number of para-hydroxylation sites is 1. The number of rotatable bonds is 3. The molecule has 0 spiro atoms. The van der Waals surface area contributed by atoms with Gasteiger partial charge in [-0.05, 0) is 29.7 Å². The van der Waals surface area contributed by atoms with E-state index >= 15 is 0 Å². The summed E-state index contributed by atoms with van der Waals surface area (Å²) in [6.07, 6.45) is 0.722. The highest BCUT2D eigenvalue weighted by atomic mass is 35.5. The minimum Gasteiger partial charge on any atom is -0.269 e. The molecule has 1 N–H and O–H groups in total. The normalized spacial score (nSPS) is 15.5. The number of hydrogen-bond acceptors (Lipinski definition) is 2. The highest BCUT2D eigenvalue weighted by molar-refractivity contribution is 7.90. The Morgan fingerprint density at radius 1 is 1.00 bits per heavy atom. The summed E-state index contributed by atoms with van der Waals surface area (Å²) < 4.78 is 28.9. The van der Waals surface area contributed by atoms with Crippen LogP contribution in [0.15, 0.2) is 48.5 Å². The second-order valence-electron chi connectivity index (χ2n) is 4.94. The van der Waals surface area contributed by atoms with E-state index < -0.39 is 10.2 Å². The van der Waals surface area contributed by atoms with Crippen molar-refractivity contribution in [2.24, 2.45) is 0 Å². The molecular weight excluding hydrogens is 308 g/mol. The molecule has 2 aromatic rings. The van der Waals surface area contributed by atoms with Gasteiger partial charge in [0.25, 0.3) is 0 Å². The number of anilines is 1. The maximum atomic E-state index is 12.5. The molecule has 21 heavy (non-hydrogen) atoms. The SMILES string of the molecule is O=S(=O)(Nc1ccccc1Cl)N1CCc2ccccc2C1. The molecule has 1 heterocycles. The van der Waals surface area contributed by atoms with Crippen LogP contribution < -0.4 is 4.72 Å². The standard InChI is InChI=1S/C15H15ClN2O2S/c16-14-7-3-4-8-15(14)17-21(19,20)18-10-9-12-5-1-2-6-13(12)11-18/h1-8,17H,9-11H2. The van der Waals surface area contributed by atoms with Crippen LogP contribution in [0.3, 0.4) is 0 Å². The van der Waals surface area contributed by atoms with E-state index in [-0.39, 0.29) is 0 Å². The highest BCUT2D eigenvalue weighted by Gasteiger charge is 2.26. The summed E-state index contributed by atoms with van der Waals surface area (Å²) >= 11 is 6.00. The molecule has 0 atom stereocenters. The molecule has 4 nitrogen and oxygen atoms in total. The van der Waals surface area contributed by atoms with Crippen LogP contribution in [-0.2, 0) is 23.2 Å². The Morgan fingerprint density at radius 2 is 1.67 bits per heavy atom. The number of hydrogen-bond donors (Lipinski definition) is 1. The van der Waals surface area contributed by atoms with E-state index in [0.717, 1.165) is 12.0 Å². The monoisotopic (exact) mass is 322 g/mol. The number of nitrogens with one attached hydrogen (secondary N) is 1. The van der Waals surface area contributed by atoms with Crippen molar-refractivity contribution in [1.82, 2.24) is 4.31 Å². The summed E-state index contributed by atoms with van der Waals surface area (Å²) in [5.41, 5.74) is 2.66. The van der Waals surface area contributed by atoms with Crippen LogP contribution in [0.5, 0.6) is 0 Å². The lowest BCUT2D eigenvalue weighted by atomic mass is 10.0. The number of nitrogens with zero attached hydrogens (tertiary/aromatic N) is 1. The molecule has 1 aliphatic rings. The molecule has 0 aromatic heterocycles. The summed E-state index contributed by atoms with van der Waals surface area (Å²) in [6.45, 7) is 0.854. The third kappa shape index (κ3) is 3.05. The van der Waals surface area contributed by atoms with E-state index in [1.807, 2.05) is 24.3 Å². The van der Waals surface area contributed by atoms with Gasteiger partial charge in [-0.25, -0.2) is 0 Å². The van der Waals surface area contributed by atoms with Gasteiger partial charge in [0.05, 0.1) is 10.7 Å². The van der Waals surface area contributed by atoms with E-state index in [1.54, 1.807) is 24.3 Å². The molecule has 0 unspecified atom stereocenters. The zero-order chi connectivity index (χ0) is 14.9. The van der Waals surface area contributed by atoms with E-state index in [0.29, 0.717) is 23.8 Å². The van der Waals surface area contributed by atoms with Crippen molar-refractivity contribution in [3.05, 3.63) is 64.7 Å². The fraction of sp³-hybridized carbons (Fsp3) is 0.200. The van der Waals surface area contributed by atoms with Gasteiger partial charge >= 0.3 is 10.2 Å². The predicted octanol–water partition coefficient (Wildman–Crippen LogP) is 3.06. The Morgan fingerprint density at radius 3 is 2.43 bits per heavy atom. The average Bonchev–Trinajstić information content (AvgIpc) is 2.49. The summed E-state index contributed by atoms with van der Waals surface area (Å²) in [7, 11) is -3.60. The van der Waals surface area contributed by atoms with Crippen molar-refractivity contribution in [3.8, 4) is 0 Å². The van der Waals surface area contributed by atoms with Crippen LogP contribution in [0.25, 0.3) is 0 Å². The lowest BCUT2D eigenvalue weighted by Crippen LogP contribution is -2.39. The molecule has 3 rings (SSSR count). The van der Waals surface area contributed by atoms with Crippen LogP contribution >= 0.6 is 11.6 Å². The lowest BCUT2D eigenvalue weighted by molar-refractivity contribution is 0.394. The van der Waals surface area contributed by atoms with Crippen LogP contribution in [-0.4, -0.2) is 19.3 Å². The molecule has 0 saturated carbocycles. The maximum absolute atomic E-state index is 12.5. The van der Waals surface area contributed by atoms with Gasteiger partial charge in [-0.15, -0.1) is 0 Å². The largest absolute Gasteiger partial charge is 0.301 e. The van der Waals surface area contributed by atoms with E-state index in [9.17, 15) is 8.42 Å². The van der Waals surface area contributed by atoms with Crippen molar-refractivity contribution >= 4 is 27.5 Å². The lowest BCUT2D eigenvalue weighted by Gasteiger charge is -2.28. The number of halogens is 1. The quantitative estimate of drug-likeness (QED) is 0.944. The second kappa shape index (κ2) is 5.67. The molecule has 110 valence electrons. The maximum Gasteiger partial charge on any atom is 0.301 e. The van der Waals surface area contributed by atoms with Gasteiger partial charge in [-0.3, -0.25) is 4.72 Å². The van der Waals surface area contributed by atoms with Crippen molar-refractivity contribution in [1.29, 1.82) is 0 Å². The Labute approximate surface area is 129 Å². The molecule has 0 fully saturated rings. The minimum absolute atomic E-state index is 0.385. The predicted molar refractivity (Wildman–Crippen MR) is 84.6 cm³/mol.